The molecule has 0 bridgehead atoms. The van der Waals surface area contributed by atoms with Crippen LogP contribution in [0.1, 0.15) is 35.3 Å². The molecule has 3 aromatic rings. The van der Waals surface area contributed by atoms with Gasteiger partial charge in [-0.1, -0.05) is 30.3 Å². The minimum Gasteiger partial charge on any atom is -0.336 e. The van der Waals surface area contributed by atoms with Crippen LogP contribution < -0.4 is 0 Å². The van der Waals surface area contributed by atoms with E-state index < -0.39 is 6.43 Å². The first-order valence-electron chi connectivity index (χ1n) is 9.87. The molecule has 2 saturated heterocycles. The summed E-state index contributed by atoms with van der Waals surface area (Å²) in [7, 11) is 0. The molecule has 0 aliphatic carbocycles. The lowest BCUT2D eigenvalue weighted by atomic mass is 10.1. The SMILES string of the molecule is O=C(c1cnn2c(C(F)F)cc(-c3ccccc3)nc12)N1CCN2CCC[C@@H]2C1. The second-order valence-electron chi connectivity index (χ2n) is 7.61. The summed E-state index contributed by atoms with van der Waals surface area (Å²) >= 11 is 0. The van der Waals surface area contributed by atoms with Gasteiger partial charge in [0, 0.05) is 31.2 Å². The van der Waals surface area contributed by atoms with Crippen LogP contribution in [0, 0.1) is 0 Å². The van der Waals surface area contributed by atoms with E-state index >= 15 is 0 Å². The number of benzene rings is 1. The molecule has 0 radical (unpaired) electrons. The van der Waals surface area contributed by atoms with E-state index in [1.165, 1.54) is 12.3 Å². The molecule has 150 valence electrons. The Morgan fingerprint density at radius 2 is 1.97 bits per heavy atom. The molecule has 29 heavy (non-hydrogen) atoms. The van der Waals surface area contributed by atoms with E-state index in [0.29, 0.717) is 24.8 Å². The number of amides is 1. The molecule has 1 atom stereocenters. The quantitative estimate of drug-likeness (QED) is 0.681. The van der Waals surface area contributed by atoms with Crippen LogP contribution in [-0.2, 0) is 0 Å². The standard InChI is InChI=1S/C21H21F2N5O/c22-19(23)18-11-17(14-5-2-1-3-6-14)25-20-16(12-24-28(18)20)21(29)27-10-9-26-8-4-7-15(26)13-27/h1-3,5-6,11-12,15,19H,4,7-10,13H2/t15-/m1/s1. The van der Waals surface area contributed by atoms with Crippen molar-refractivity contribution in [2.24, 2.45) is 0 Å². The first-order chi connectivity index (χ1) is 14.1. The van der Waals surface area contributed by atoms with Gasteiger partial charge in [0.05, 0.1) is 11.9 Å². The van der Waals surface area contributed by atoms with Gasteiger partial charge in [0.2, 0.25) is 0 Å². The van der Waals surface area contributed by atoms with E-state index in [1.54, 1.807) is 0 Å². The molecule has 6 nitrogen and oxygen atoms in total. The summed E-state index contributed by atoms with van der Waals surface area (Å²) in [4.78, 5) is 22.0. The zero-order valence-corrected chi connectivity index (χ0v) is 15.8. The van der Waals surface area contributed by atoms with Gasteiger partial charge < -0.3 is 4.90 Å². The Kier molecular flexibility index (Phi) is 4.50. The number of aromatic nitrogens is 3. The van der Waals surface area contributed by atoms with Gasteiger partial charge in [-0.2, -0.15) is 5.10 Å². The highest BCUT2D eigenvalue weighted by atomic mass is 19.3. The van der Waals surface area contributed by atoms with E-state index in [0.717, 1.165) is 36.0 Å². The topological polar surface area (TPSA) is 53.7 Å². The minimum atomic E-state index is -2.73. The third-order valence-corrected chi connectivity index (χ3v) is 5.90. The molecule has 2 aromatic heterocycles. The number of alkyl halides is 2. The Labute approximate surface area is 166 Å². The molecule has 0 unspecified atom stereocenters. The molecule has 8 heteroatoms. The summed E-state index contributed by atoms with van der Waals surface area (Å²) in [6, 6.07) is 10.9. The van der Waals surface area contributed by atoms with Gasteiger partial charge in [-0.3, -0.25) is 9.69 Å². The van der Waals surface area contributed by atoms with Crippen LogP contribution in [0.25, 0.3) is 16.9 Å². The first kappa shape index (κ1) is 18.2. The van der Waals surface area contributed by atoms with E-state index in [4.69, 9.17) is 0 Å². The van der Waals surface area contributed by atoms with Crippen molar-refractivity contribution in [1.82, 2.24) is 24.4 Å². The zero-order valence-electron chi connectivity index (χ0n) is 15.8. The van der Waals surface area contributed by atoms with Crippen LogP contribution in [-0.4, -0.2) is 62.5 Å². The van der Waals surface area contributed by atoms with Gasteiger partial charge in [-0.15, -0.1) is 0 Å². The van der Waals surface area contributed by atoms with Crippen LogP contribution in [0.15, 0.2) is 42.6 Å². The Morgan fingerprint density at radius 1 is 1.14 bits per heavy atom. The van der Waals surface area contributed by atoms with Crippen molar-refractivity contribution >= 4 is 11.6 Å². The normalized spacial score (nSPS) is 19.8. The van der Waals surface area contributed by atoms with Gasteiger partial charge in [0.15, 0.2) is 5.65 Å². The van der Waals surface area contributed by atoms with E-state index in [9.17, 15) is 13.6 Å². The molecule has 2 fully saturated rings. The second-order valence-corrected chi connectivity index (χ2v) is 7.61. The van der Waals surface area contributed by atoms with Gasteiger partial charge >= 0.3 is 0 Å². The summed E-state index contributed by atoms with van der Waals surface area (Å²) in [6.45, 7) is 3.23. The van der Waals surface area contributed by atoms with Crippen molar-refractivity contribution in [3.63, 3.8) is 0 Å². The fraction of sp³-hybridized carbons (Fsp3) is 0.381. The van der Waals surface area contributed by atoms with Crippen LogP contribution in [0.5, 0.6) is 0 Å². The van der Waals surface area contributed by atoms with Crippen LogP contribution in [0.2, 0.25) is 0 Å². The highest BCUT2D eigenvalue weighted by molar-refractivity contribution is 6.00. The lowest BCUT2D eigenvalue weighted by molar-refractivity contribution is 0.0573. The largest absolute Gasteiger partial charge is 0.336 e. The number of carbonyl (C=O) groups excluding carboxylic acids is 1. The van der Waals surface area contributed by atoms with Gasteiger partial charge in [0.1, 0.15) is 11.3 Å². The molecule has 2 aliphatic rings. The van der Waals surface area contributed by atoms with Crippen LogP contribution >= 0.6 is 0 Å². The molecule has 2 aliphatic heterocycles. The monoisotopic (exact) mass is 397 g/mol. The maximum absolute atomic E-state index is 13.7. The summed E-state index contributed by atoms with van der Waals surface area (Å²) in [5, 5.41) is 4.07. The number of nitrogens with zero attached hydrogens (tertiary/aromatic N) is 5. The van der Waals surface area contributed by atoms with Crippen LogP contribution in [0.4, 0.5) is 8.78 Å². The van der Waals surface area contributed by atoms with Crippen LogP contribution in [0.3, 0.4) is 0 Å². The fourth-order valence-corrected chi connectivity index (χ4v) is 4.40. The Hall–Kier alpha value is -2.87. The number of hydrogen-bond donors (Lipinski definition) is 0. The number of hydrogen-bond acceptors (Lipinski definition) is 4. The summed E-state index contributed by atoms with van der Waals surface area (Å²) < 4.78 is 28.5. The van der Waals surface area contributed by atoms with Crippen molar-refractivity contribution in [3.8, 4) is 11.3 Å². The van der Waals surface area contributed by atoms with Crippen molar-refractivity contribution < 1.29 is 13.6 Å². The third-order valence-electron chi connectivity index (χ3n) is 5.90. The second kappa shape index (κ2) is 7.18. The Balaban J connectivity index is 1.56. The number of halogens is 2. The first-order valence-corrected chi connectivity index (χ1v) is 9.87. The van der Waals surface area contributed by atoms with Gasteiger partial charge in [-0.05, 0) is 25.5 Å². The molecular formula is C21H21F2N5O. The Bertz CT molecular complexity index is 1050. The zero-order chi connectivity index (χ0) is 20.0. The molecule has 0 N–H and O–H groups in total. The van der Waals surface area contributed by atoms with Gasteiger partial charge in [-0.25, -0.2) is 18.3 Å². The predicted molar refractivity (Wildman–Crippen MR) is 104 cm³/mol. The van der Waals surface area contributed by atoms with Gasteiger partial charge in [0.25, 0.3) is 12.3 Å². The lowest BCUT2D eigenvalue weighted by Gasteiger charge is -2.37. The predicted octanol–water partition coefficient (Wildman–Crippen LogP) is 3.25. The fourth-order valence-electron chi connectivity index (χ4n) is 4.40. The number of piperazine rings is 1. The molecular weight excluding hydrogens is 376 g/mol. The summed E-state index contributed by atoms with van der Waals surface area (Å²) in [5.74, 6) is -0.190. The summed E-state index contributed by atoms with van der Waals surface area (Å²) in [6.07, 6.45) is 0.882. The Morgan fingerprint density at radius 3 is 2.76 bits per heavy atom. The van der Waals surface area contributed by atoms with Crippen molar-refractivity contribution in [1.29, 1.82) is 0 Å². The van der Waals surface area contributed by atoms with Crippen molar-refractivity contribution in [2.75, 3.05) is 26.2 Å². The number of fused-ring (bicyclic) bond motifs is 2. The summed E-state index contributed by atoms with van der Waals surface area (Å²) in [5.41, 5.74) is 1.31. The number of rotatable bonds is 3. The van der Waals surface area contributed by atoms with E-state index in [2.05, 4.69) is 15.0 Å². The number of carbonyl (C=O) groups is 1. The molecule has 1 aromatic carbocycles. The van der Waals surface area contributed by atoms with E-state index in [1.807, 2.05) is 35.2 Å². The highest BCUT2D eigenvalue weighted by Gasteiger charge is 2.34. The molecule has 1 amide bonds. The average Bonchev–Trinajstić information content (AvgIpc) is 3.39. The minimum absolute atomic E-state index is 0.181. The smallest absolute Gasteiger partial charge is 0.280 e. The molecule has 5 rings (SSSR count). The molecule has 4 heterocycles. The average molecular weight is 397 g/mol. The van der Waals surface area contributed by atoms with Crippen molar-refractivity contribution in [2.45, 2.75) is 25.3 Å². The maximum Gasteiger partial charge on any atom is 0.280 e. The highest BCUT2D eigenvalue weighted by Crippen LogP contribution is 2.28. The molecule has 0 spiro atoms. The maximum atomic E-state index is 13.7. The lowest BCUT2D eigenvalue weighted by Crippen LogP contribution is -2.52. The molecule has 0 saturated carbocycles. The van der Waals surface area contributed by atoms with E-state index in [-0.39, 0.29) is 22.8 Å². The third kappa shape index (κ3) is 3.17. The van der Waals surface area contributed by atoms with Crippen molar-refractivity contribution in [3.05, 3.63) is 53.9 Å².